The highest BCUT2D eigenvalue weighted by Gasteiger charge is 2.62. The highest BCUT2D eigenvalue weighted by Crippen LogP contribution is 2.68. The van der Waals surface area contributed by atoms with E-state index in [0.717, 1.165) is 25.7 Å². The first-order valence-corrected chi connectivity index (χ1v) is 11.7. The van der Waals surface area contributed by atoms with Crippen LogP contribution in [0.15, 0.2) is 0 Å². The van der Waals surface area contributed by atoms with E-state index >= 15 is 0 Å². The Morgan fingerprint density at radius 1 is 1.04 bits per heavy atom. The van der Waals surface area contributed by atoms with Crippen molar-refractivity contribution in [3.63, 3.8) is 0 Å². The first kappa shape index (κ1) is 20.7. The lowest BCUT2D eigenvalue weighted by atomic mass is 9.43. The maximum Gasteiger partial charge on any atom is 0.0577 e. The Morgan fingerprint density at radius 3 is 2.43 bits per heavy atom. The van der Waals surface area contributed by atoms with Gasteiger partial charge in [-0.05, 0) is 111 Å². The Bertz CT molecular complexity index is 605. The largest absolute Gasteiger partial charge is 0.550 e. The summed E-state index contributed by atoms with van der Waals surface area (Å²) in [5.41, 5.74) is 0.494. The van der Waals surface area contributed by atoms with Crippen LogP contribution in [0.25, 0.3) is 0 Å². The van der Waals surface area contributed by atoms with Gasteiger partial charge in [-0.1, -0.05) is 20.8 Å². The second-order valence-electron chi connectivity index (χ2n) is 11.3. The predicted molar refractivity (Wildman–Crippen MR) is 106 cm³/mol. The minimum absolute atomic E-state index is 0.162. The van der Waals surface area contributed by atoms with E-state index in [1.807, 2.05) is 0 Å². The van der Waals surface area contributed by atoms with Crippen molar-refractivity contribution in [3.8, 4) is 0 Å². The van der Waals surface area contributed by atoms with Gasteiger partial charge < -0.3 is 20.1 Å². The molecule has 4 aliphatic carbocycles. The normalized spacial score (nSPS) is 51.7. The molecule has 4 fully saturated rings. The number of aliphatic hydroxyl groups excluding tert-OH is 2. The lowest BCUT2D eigenvalue weighted by molar-refractivity contribution is -0.306. The number of aliphatic carboxylic acids is 1. The molecule has 4 heteroatoms. The van der Waals surface area contributed by atoms with Crippen LogP contribution in [0.4, 0.5) is 0 Å². The minimum atomic E-state index is -0.934. The molecule has 28 heavy (non-hydrogen) atoms. The van der Waals surface area contributed by atoms with Crippen LogP contribution in [0, 0.1) is 46.3 Å². The Hall–Kier alpha value is -0.610. The van der Waals surface area contributed by atoms with Crippen molar-refractivity contribution in [1.82, 2.24) is 0 Å². The summed E-state index contributed by atoms with van der Waals surface area (Å²) in [4.78, 5) is 10.9. The average molecular weight is 392 g/mol. The van der Waals surface area contributed by atoms with Crippen LogP contribution in [-0.2, 0) is 4.79 Å². The molecule has 4 aliphatic rings. The number of carboxylic acid groups (broad SMARTS) is 1. The monoisotopic (exact) mass is 391 g/mol. The quantitative estimate of drug-likeness (QED) is 0.771. The molecule has 0 radical (unpaired) electrons. The van der Waals surface area contributed by atoms with Crippen LogP contribution in [-0.4, -0.2) is 28.4 Å². The number of carbonyl (C=O) groups is 1. The number of carbonyl (C=O) groups excluding carboxylic acids is 1. The van der Waals surface area contributed by atoms with E-state index in [9.17, 15) is 20.1 Å². The topological polar surface area (TPSA) is 80.6 Å². The van der Waals surface area contributed by atoms with Crippen molar-refractivity contribution in [2.24, 2.45) is 46.3 Å². The number of rotatable bonds is 4. The average Bonchev–Trinajstić information content (AvgIpc) is 2.98. The summed E-state index contributed by atoms with van der Waals surface area (Å²) >= 11 is 0. The SMILES string of the molecule is C[C@H](CCC(=O)[O-])[C@H]1CC[C@H]2[C@@H]3[C@H](O)C[C@H]4C[C@H](O)CC[C@]4(C)[C@@H]3CC[C@]12C. The smallest absolute Gasteiger partial charge is 0.0577 e. The second-order valence-corrected chi connectivity index (χ2v) is 11.3. The summed E-state index contributed by atoms with van der Waals surface area (Å²) in [6, 6.07) is 0. The fraction of sp³-hybridized carbons (Fsp3) is 0.958. The molecular formula is C24H39O4-. The van der Waals surface area contributed by atoms with Gasteiger partial charge in [-0.15, -0.1) is 0 Å². The van der Waals surface area contributed by atoms with Gasteiger partial charge in [0.05, 0.1) is 12.2 Å². The molecule has 4 nitrogen and oxygen atoms in total. The number of hydrogen-bond acceptors (Lipinski definition) is 4. The molecule has 0 aromatic carbocycles. The Balaban J connectivity index is 1.55. The molecule has 0 amide bonds. The van der Waals surface area contributed by atoms with Crippen LogP contribution >= 0.6 is 0 Å². The standard InChI is InChI=1S/C24H40O4/c1-14(4-7-21(27)28)17-5-6-18-22-19(9-11-24(17,18)3)23(2)10-8-16(25)12-15(23)13-20(22)26/h14-20,22,25-26H,4-13H2,1-3H3,(H,27,28)/p-1/t14-,15-,16-,17-,18+,19-,20-,22+,23+,24-/m1/s1. The Kier molecular flexibility index (Phi) is 5.36. The van der Waals surface area contributed by atoms with E-state index in [1.165, 1.54) is 25.7 Å². The molecule has 0 spiro atoms. The number of aliphatic hydroxyl groups is 2. The maximum atomic E-state index is 11.2. The maximum absolute atomic E-state index is 11.2. The molecule has 10 atom stereocenters. The molecular weight excluding hydrogens is 352 g/mol. The van der Waals surface area contributed by atoms with Gasteiger partial charge in [-0.3, -0.25) is 0 Å². The molecule has 0 aromatic heterocycles. The highest BCUT2D eigenvalue weighted by molar-refractivity contribution is 5.64. The summed E-state index contributed by atoms with van der Waals surface area (Å²) in [5.74, 6) is 1.99. The molecule has 2 N–H and O–H groups in total. The van der Waals surface area contributed by atoms with Gasteiger partial charge in [0.1, 0.15) is 0 Å². The molecule has 4 saturated carbocycles. The van der Waals surface area contributed by atoms with Gasteiger partial charge >= 0.3 is 0 Å². The van der Waals surface area contributed by atoms with Crippen LogP contribution < -0.4 is 5.11 Å². The van der Waals surface area contributed by atoms with Crippen molar-refractivity contribution < 1.29 is 20.1 Å². The first-order valence-electron chi connectivity index (χ1n) is 11.7. The van der Waals surface area contributed by atoms with Crippen molar-refractivity contribution >= 4 is 5.97 Å². The molecule has 0 saturated heterocycles. The van der Waals surface area contributed by atoms with Gasteiger partial charge in [-0.2, -0.15) is 0 Å². The Labute approximate surface area is 170 Å². The number of carboxylic acids is 1. The third kappa shape index (κ3) is 3.14. The highest BCUT2D eigenvalue weighted by atomic mass is 16.4. The van der Waals surface area contributed by atoms with E-state index in [4.69, 9.17) is 0 Å². The lowest BCUT2D eigenvalue weighted by Crippen LogP contribution is -2.58. The van der Waals surface area contributed by atoms with E-state index in [-0.39, 0.29) is 29.5 Å². The van der Waals surface area contributed by atoms with Gasteiger partial charge in [0, 0.05) is 5.97 Å². The molecule has 0 unspecified atom stereocenters. The summed E-state index contributed by atoms with van der Waals surface area (Å²) in [6.07, 6.45) is 8.91. The third-order valence-electron chi connectivity index (χ3n) is 10.2. The molecule has 0 aliphatic heterocycles. The van der Waals surface area contributed by atoms with Crippen molar-refractivity contribution in [3.05, 3.63) is 0 Å². The van der Waals surface area contributed by atoms with Crippen molar-refractivity contribution in [2.45, 2.75) is 97.2 Å². The fourth-order valence-corrected chi connectivity index (χ4v) is 8.72. The number of hydrogen-bond donors (Lipinski definition) is 2. The van der Waals surface area contributed by atoms with Gasteiger partial charge in [-0.25, -0.2) is 0 Å². The summed E-state index contributed by atoms with van der Waals surface area (Å²) in [5, 5.41) is 32.4. The summed E-state index contributed by atoms with van der Waals surface area (Å²) in [6.45, 7) is 7.11. The van der Waals surface area contributed by atoms with Crippen molar-refractivity contribution in [1.29, 1.82) is 0 Å². The minimum Gasteiger partial charge on any atom is -0.550 e. The second kappa shape index (κ2) is 7.27. The zero-order valence-electron chi connectivity index (χ0n) is 17.9. The summed E-state index contributed by atoms with van der Waals surface area (Å²) < 4.78 is 0. The molecule has 0 heterocycles. The van der Waals surface area contributed by atoms with Gasteiger partial charge in [0.25, 0.3) is 0 Å². The van der Waals surface area contributed by atoms with E-state index in [2.05, 4.69) is 20.8 Å². The van der Waals surface area contributed by atoms with E-state index in [1.54, 1.807) is 0 Å². The molecule has 160 valence electrons. The van der Waals surface area contributed by atoms with E-state index < -0.39 is 5.97 Å². The van der Waals surface area contributed by atoms with Gasteiger partial charge in [0.2, 0.25) is 0 Å². The zero-order valence-corrected chi connectivity index (χ0v) is 17.9. The number of fused-ring (bicyclic) bond motifs is 5. The van der Waals surface area contributed by atoms with Crippen LogP contribution in [0.1, 0.15) is 85.0 Å². The summed E-state index contributed by atoms with van der Waals surface area (Å²) in [7, 11) is 0. The first-order chi connectivity index (χ1) is 13.2. The molecule has 0 bridgehead atoms. The predicted octanol–water partition coefficient (Wildman–Crippen LogP) is 3.14. The van der Waals surface area contributed by atoms with Crippen molar-refractivity contribution in [2.75, 3.05) is 0 Å². The Morgan fingerprint density at radius 2 is 1.71 bits per heavy atom. The lowest BCUT2D eigenvalue weighted by Gasteiger charge is -2.62. The van der Waals surface area contributed by atoms with Crippen LogP contribution in [0.2, 0.25) is 0 Å². The van der Waals surface area contributed by atoms with Crippen LogP contribution in [0.5, 0.6) is 0 Å². The van der Waals surface area contributed by atoms with Crippen LogP contribution in [0.3, 0.4) is 0 Å². The van der Waals surface area contributed by atoms with Gasteiger partial charge in [0.15, 0.2) is 0 Å². The van der Waals surface area contributed by atoms with E-state index in [0.29, 0.717) is 41.9 Å². The fourth-order valence-electron chi connectivity index (χ4n) is 8.72. The zero-order chi connectivity index (χ0) is 20.3. The molecule has 0 aromatic rings. The third-order valence-corrected chi connectivity index (χ3v) is 10.2. The molecule has 4 rings (SSSR count).